The van der Waals surface area contributed by atoms with Crippen molar-refractivity contribution >= 4 is 23.3 Å². The Morgan fingerprint density at radius 3 is 2.95 bits per heavy atom. The Morgan fingerprint density at radius 1 is 1.59 bits per heavy atom. The number of hydrogen-bond donors (Lipinski definition) is 1. The van der Waals surface area contributed by atoms with Gasteiger partial charge in [-0.2, -0.15) is 5.26 Å². The highest BCUT2D eigenvalue weighted by molar-refractivity contribution is 7.12. The molecule has 112 valence electrons. The van der Waals surface area contributed by atoms with Crippen molar-refractivity contribution < 1.29 is 4.79 Å². The topological polar surface area (TPSA) is 70.7 Å². The van der Waals surface area contributed by atoms with Gasteiger partial charge in [-0.1, -0.05) is 6.08 Å². The van der Waals surface area contributed by atoms with Gasteiger partial charge >= 0.3 is 0 Å². The average Bonchev–Trinajstić information content (AvgIpc) is 3.10. The van der Waals surface area contributed by atoms with Crippen molar-refractivity contribution in [1.29, 1.82) is 5.26 Å². The van der Waals surface area contributed by atoms with E-state index in [4.69, 9.17) is 0 Å². The van der Waals surface area contributed by atoms with Crippen LogP contribution in [0.2, 0.25) is 0 Å². The van der Waals surface area contributed by atoms with E-state index in [0.29, 0.717) is 6.54 Å². The monoisotopic (exact) mass is 312 g/mol. The maximum Gasteiger partial charge on any atom is 0.262 e. The van der Waals surface area contributed by atoms with E-state index in [2.05, 4.69) is 16.9 Å². The van der Waals surface area contributed by atoms with Gasteiger partial charge in [-0.05, 0) is 31.6 Å². The molecule has 22 heavy (non-hydrogen) atoms. The standard InChI is InChI=1S/C16H16N4OS/c1-4-5-18-15(21)14(10-17)9-13-8-11(2)20(12(13)3)16-19-6-7-22-16/h4,6-9H,1,5H2,2-3H3,(H,18,21)/b14-9+. The van der Waals surface area contributed by atoms with Crippen LogP contribution in [0, 0.1) is 25.2 Å². The maximum absolute atomic E-state index is 11.9. The van der Waals surface area contributed by atoms with Crippen LogP contribution in [0.5, 0.6) is 0 Å². The Bertz CT molecular complexity index is 763. The fraction of sp³-hybridized carbons (Fsp3) is 0.188. The molecule has 0 aliphatic carbocycles. The minimum absolute atomic E-state index is 0.0706. The molecule has 5 nitrogen and oxygen atoms in total. The van der Waals surface area contributed by atoms with Gasteiger partial charge in [0, 0.05) is 29.5 Å². The van der Waals surface area contributed by atoms with Gasteiger partial charge in [0.05, 0.1) is 0 Å². The Labute approximate surface area is 133 Å². The van der Waals surface area contributed by atoms with E-state index in [9.17, 15) is 10.1 Å². The molecule has 0 aromatic carbocycles. The molecule has 0 aliphatic rings. The van der Waals surface area contributed by atoms with Gasteiger partial charge in [0.1, 0.15) is 11.6 Å². The van der Waals surface area contributed by atoms with Crippen LogP contribution in [-0.2, 0) is 4.79 Å². The van der Waals surface area contributed by atoms with Crippen LogP contribution >= 0.6 is 11.3 Å². The first kappa shape index (κ1) is 15.7. The molecule has 0 atom stereocenters. The van der Waals surface area contributed by atoms with Gasteiger partial charge < -0.3 is 5.32 Å². The number of carbonyl (C=O) groups is 1. The summed E-state index contributed by atoms with van der Waals surface area (Å²) in [5.74, 6) is -0.401. The third-order valence-corrected chi connectivity index (χ3v) is 3.91. The van der Waals surface area contributed by atoms with Crippen molar-refractivity contribution in [1.82, 2.24) is 14.9 Å². The molecule has 0 fully saturated rings. The van der Waals surface area contributed by atoms with E-state index in [1.165, 1.54) is 11.3 Å². The second-order valence-corrected chi connectivity index (χ2v) is 5.52. The van der Waals surface area contributed by atoms with Crippen LogP contribution in [0.25, 0.3) is 11.2 Å². The summed E-state index contributed by atoms with van der Waals surface area (Å²) in [6.07, 6.45) is 4.92. The highest BCUT2D eigenvalue weighted by Gasteiger charge is 2.14. The van der Waals surface area contributed by atoms with Crippen molar-refractivity contribution in [2.45, 2.75) is 13.8 Å². The van der Waals surface area contributed by atoms with Gasteiger partial charge in [0.2, 0.25) is 0 Å². The summed E-state index contributed by atoms with van der Waals surface area (Å²) in [4.78, 5) is 16.2. The number of rotatable bonds is 5. The average molecular weight is 312 g/mol. The molecule has 2 heterocycles. The molecule has 0 aliphatic heterocycles. The first-order chi connectivity index (χ1) is 10.6. The van der Waals surface area contributed by atoms with Crippen LogP contribution in [-0.4, -0.2) is 22.0 Å². The van der Waals surface area contributed by atoms with Crippen LogP contribution in [0.15, 0.2) is 35.9 Å². The molecule has 1 N–H and O–H groups in total. The Kier molecular flexibility index (Phi) is 4.92. The quantitative estimate of drug-likeness (QED) is 0.524. The first-order valence-corrected chi connectivity index (χ1v) is 7.56. The number of hydrogen-bond acceptors (Lipinski definition) is 4. The van der Waals surface area contributed by atoms with Crippen LogP contribution in [0.4, 0.5) is 0 Å². The molecule has 0 unspecified atom stereocenters. The number of nitrogens with zero attached hydrogens (tertiary/aromatic N) is 3. The lowest BCUT2D eigenvalue weighted by atomic mass is 10.1. The van der Waals surface area contributed by atoms with Crippen LogP contribution in [0.3, 0.4) is 0 Å². The molecule has 2 aromatic heterocycles. The molecule has 0 spiro atoms. The number of aryl methyl sites for hydroxylation is 1. The van der Waals surface area contributed by atoms with Gasteiger partial charge in [-0.25, -0.2) is 4.98 Å². The van der Waals surface area contributed by atoms with E-state index in [0.717, 1.165) is 22.1 Å². The summed E-state index contributed by atoms with van der Waals surface area (Å²) >= 11 is 1.54. The second kappa shape index (κ2) is 6.87. The van der Waals surface area contributed by atoms with Gasteiger partial charge in [-0.3, -0.25) is 9.36 Å². The first-order valence-electron chi connectivity index (χ1n) is 6.68. The molecule has 2 aromatic rings. The Morgan fingerprint density at radius 2 is 2.36 bits per heavy atom. The summed E-state index contributed by atoms with van der Waals surface area (Å²) in [5.41, 5.74) is 2.85. The highest BCUT2D eigenvalue weighted by atomic mass is 32.1. The fourth-order valence-electron chi connectivity index (χ4n) is 2.12. The Hall–Kier alpha value is -2.65. The van der Waals surface area contributed by atoms with Gasteiger partial charge in [-0.15, -0.1) is 17.9 Å². The normalized spacial score (nSPS) is 11.0. The summed E-state index contributed by atoms with van der Waals surface area (Å²) in [7, 11) is 0. The van der Waals surface area contributed by atoms with E-state index in [1.54, 1.807) is 18.3 Å². The number of amides is 1. The zero-order chi connectivity index (χ0) is 16.1. The minimum Gasteiger partial charge on any atom is -0.348 e. The lowest BCUT2D eigenvalue weighted by Gasteiger charge is -2.04. The van der Waals surface area contributed by atoms with E-state index >= 15 is 0 Å². The molecular weight excluding hydrogens is 296 g/mol. The number of aromatic nitrogens is 2. The molecule has 1 amide bonds. The number of nitriles is 1. The van der Waals surface area contributed by atoms with E-state index < -0.39 is 5.91 Å². The summed E-state index contributed by atoms with van der Waals surface area (Å²) in [5, 5.41) is 14.6. The summed E-state index contributed by atoms with van der Waals surface area (Å²) in [6, 6.07) is 3.88. The van der Waals surface area contributed by atoms with Crippen molar-refractivity contribution in [3.8, 4) is 11.2 Å². The Balaban J connectivity index is 2.39. The summed E-state index contributed by atoms with van der Waals surface area (Å²) in [6.45, 7) is 7.77. The summed E-state index contributed by atoms with van der Waals surface area (Å²) < 4.78 is 2.01. The minimum atomic E-state index is -0.401. The van der Waals surface area contributed by atoms with Crippen molar-refractivity contribution in [2.75, 3.05) is 6.54 Å². The lowest BCUT2D eigenvalue weighted by molar-refractivity contribution is -0.116. The van der Waals surface area contributed by atoms with Crippen LogP contribution in [0.1, 0.15) is 17.0 Å². The van der Waals surface area contributed by atoms with Gasteiger partial charge in [0.25, 0.3) is 5.91 Å². The molecule has 6 heteroatoms. The zero-order valence-electron chi connectivity index (χ0n) is 12.5. The predicted molar refractivity (Wildman–Crippen MR) is 87.7 cm³/mol. The SMILES string of the molecule is C=CCNC(=O)/C(C#N)=C/c1cc(C)n(-c2nccs2)c1C. The molecule has 0 bridgehead atoms. The fourth-order valence-corrected chi connectivity index (χ4v) is 2.87. The third-order valence-electron chi connectivity index (χ3n) is 3.15. The number of thiazole rings is 1. The number of carbonyl (C=O) groups excluding carboxylic acids is 1. The maximum atomic E-state index is 11.9. The van der Waals surface area contributed by atoms with Crippen LogP contribution < -0.4 is 5.32 Å². The third kappa shape index (κ3) is 3.15. The molecule has 2 rings (SSSR count). The van der Waals surface area contributed by atoms with E-state index in [-0.39, 0.29) is 5.57 Å². The van der Waals surface area contributed by atoms with Crippen molar-refractivity contribution in [3.63, 3.8) is 0 Å². The zero-order valence-corrected chi connectivity index (χ0v) is 13.3. The van der Waals surface area contributed by atoms with Crippen molar-refractivity contribution in [2.24, 2.45) is 0 Å². The largest absolute Gasteiger partial charge is 0.348 e. The second-order valence-electron chi connectivity index (χ2n) is 4.65. The lowest BCUT2D eigenvalue weighted by Crippen LogP contribution is -2.24. The molecular formula is C16H16N4OS. The number of nitrogens with one attached hydrogen (secondary N) is 1. The highest BCUT2D eigenvalue weighted by Crippen LogP contribution is 2.23. The molecule has 0 radical (unpaired) electrons. The molecule has 0 saturated carbocycles. The molecule has 0 saturated heterocycles. The predicted octanol–water partition coefficient (Wildman–Crippen LogP) is 2.76. The van der Waals surface area contributed by atoms with Crippen molar-refractivity contribution in [3.05, 3.63) is 52.8 Å². The van der Waals surface area contributed by atoms with E-state index in [1.807, 2.05) is 35.9 Å². The smallest absolute Gasteiger partial charge is 0.262 e. The van der Waals surface area contributed by atoms with Gasteiger partial charge in [0.15, 0.2) is 5.13 Å².